The van der Waals surface area contributed by atoms with Crippen LogP contribution >= 0.6 is 0 Å². The Kier molecular flexibility index (Phi) is 2.52. The van der Waals surface area contributed by atoms with Crippen molar-refractivity contribution in [1.82, 2.24) is 0 Å². The largest absolute Gasteiger partial charge is 0.504 e. The van der Waals surface area contributed by atoms with E-state index >= 15 is 0 Å². The van der Waals surface area contributed by atoms with Crippen LogP contribution in [0.25, 0.3) is 6.08 Å². The van der Waals surface area contributed by atoms with Crippen LogP contribution in [0.15, 0.2) is 39.9 Å². The molecule has 1 aliphatic rings. The fourth-order valence-corrected chi connectivity index (χ4v) is 2.63. The maximum Gasteiger partial charge on any atom is 0.268 e. The van der Waals surface area contributed by atoms with E-state index in [0.717, 1.165) is 11.3 Å². The standard InChI is InChI=1S/C15H13NO3/c1-2-16-10-6-4-3-5-9(10)7-8-11(16)12-13(17)15(19)14(12)18/h3-8,11,17H,2H2,1H3. The van der Waals surface area contributed by atoms with Gasteiger partial charge in [0.1, 0.15) is 0 Å². The summed E-state index contributed by atoms with van der Waals surface area (Å²) in [5, 5.41) is 9.61. The molecule has 1 N–H and O–H groups in total. The van der Waals surface area contributed by atoms with Gasteiger partial charge in [-0.2, -0.15) is 0 Å². The third kappa shape index (κ3) is 1.53. The lowest BCUT2D eigenvalue weighted by Crippen LogP contribution is -2.41. The van der Waals surface area contributed by atoms with Gasteiger partial charge in [0.25, 0.3) is 5.43 Å². The Bertz CT molecular complexity index is 738. The number of hydrogen-bond acceptors (Lipinski definition) is 4. The summed E-state index contributed by atoms with van der Waals surface area (Å²) in [5.74, 6) is -0.391. The number of benzene rings is 1. The Balaban J connectivity index is 2.12. The van der Waals surface area contributed by atoms with Gasteiger partial charge in [-0.3, -0.25) is 9.59 Å². The lowest BCUT2D eigenvalue weighted by Gasteiger charge is -2.35. The van der Waals surface area contributed by atoms with Gasteiger partial charge in [0, 0.05) is 12.2 Å². The van der Waals surface area contributed by atoms with E-state index in [2.05, 4.69) is 0 Å². The second kappa shape index (κ2) is 4.09. The first-order chi connectivity index (χ1) is 9.15. The highest BCUT2D eigenvalue weighted by molar-refractivity contribution is 5.73. The van der Waals surface area contributed by atoms with Crippen LogP contribution in [0.2, 0.25) is 0 Å². The molecule has 0 amide bonds. The molecule has 2 aromatic carbocycles. The molecule has 2 aromatic rings. The number of fused-ring (bicyclic) bond motifs is 1. The van der Waals surface area contributed by atoms with E-state index in [1.807, 2.05) is 48.2 Å². The summed E-state index contributed by atoms with van der Waals surface area (Å²) in [5.41, 5.74) is 0.921. The van der Waals surface area contributed by atoms with Gasteiger partial charge in [-0.25, -0.2) is 0 Å². The molecule has 96 valence electrons. The summed E-state index contributed by atoms with van der Waals surface area (Å²) in [6.45, 7) is 2.66. The van der Waals surface area contributed by atoms with Crippen LogP contribution in [0.4, 0.5) is 5.69 Å². The molecule has 0 bridgehead atoms. The normalized spacial score (nSPS) is 17.7. The molecular formula is C15H13NO3. The molecule has 4 nitrogen and oxygen atoms in total. The van der Waals surface area contributed by atoms with Crippen LogP contribution in [0.5, 0.6) is 5.75 Å². The Hall–Kier alpha value is -2.36. The Morgan fingerprint density at radius 1 is 1.21 bits per heavy atom. The van der Waals surface area contributed by atoms with Crippen molar-refractivity contribution in [2.75, 3.05) is 11.4 Å². The molecular weight excluding hydrogens is 242 g/mol. The van der Waals surface area contributed by atoms with Crippen molar-refractivity contribution in [1.29, 1.82) is 0 Å². The van der Waals surface area contributed by atoms with E-state index in [1.54, 1.807) is 0 Å². The SMILES string of the molecule is CCN1c2ccccc2C=CC1c1c(O)c(=O)c1=O. The van der Waals surface area contributed by atoms with Crippen molar-refractivity contribution in [2.24, 2.45) is 0 Å². The maximum atomic E-state index is 11.6. The minimum absolute atomic E-state index is 0.206. The zero-order valence-corrected chi connectivity index (χ0v) is 10.5. The van der Waals surface area contributed by atoms with Gasteiger partial charge in [0.15, 0.2) is 5.75 Å². The maximum absolute atomic E-state index is 11.6. The lowest BCUT2D eigenvalue weighted by molar-refractivity contribution is 0.448. The van der Waals surface area contributed by atoms with Gasteiger partial charge in [-0.1, -0.05) is 30.4 Å². The summed E-state index contributed by atoms with van der Waals surface area (Å²) in [7, 11) is 0. The molecule has 0 saturated carbocycles. The van der Waals surface area contributed by atoms with Crippen molar-refractivity contribution >= 4 is 11.8 Å². The highest BCUT2D eigenvalue weighted by Crippen LogP contribution is 2.37. The minimum atomic E-state index is -0.779. The number of anilines is 1. The molecule has 19 heavy (non-hydrogen) atoms. The first kappa shape index (κ1) is 11.7. The molecule has 3 rings (SSSR count). The van der Waals surface area contributed by atoms with Crippen LogP contribution in [0.3, 0.4) is 0 Å². The molecule has 0 radical (unpaired) electrons. The second-order valence-corrected chi connectivity index (χ2v) is 4.57. The topological polar surface area (TPSA) is 57.6 Å². The first-order valence-electron chi connectivity index (χ1n) is 6.21. The van der Waals surface area contributed by atoms with Crippen LogP contribution in [0, 0.1) is 0 Å². The van der Waals surface area contributed by atoms with Gasteiger partial charge in [0.05, 0.1) is 11.6 Å². The third-order valence-corrected chi connectivity index (χ3v) is 3.60. The average molecular weight is 255 g/mol. The number of nitrogens with zero attached hydrogens (tertiary/aromatic N) is 1. The van der Waals surface area contributed by atoms with Crippen molar-refractivity contribution < 1.29 is 5.11 Å². The monoisotopic (exact) mass is 255 g/mol. The molecule has 0 aromatic heterocycles. The van der Waals surface area contributed by atoms with Crippen LogP contribution in [-0.2, 0) is 0 Å². The molecule has 0 aliphatic carbocycles. The van der Waals surface area contributed by atoms with E-state index in [0.29, 0.717) is 6.54 Å². The molecule has 0 fully saturated rings. The predicted octanol–water partition coefficient (Wildman–Crippen LogP) is 1.58. The minimum Gasteiger partial charge on any atom is -0.504 e. The third-order valence-electron chi connectivity index (χ3n) is 3.60. The summed E-state index contributed by atoms with van der Waals surface area (Å²) in [6.07, 6.45) is 3.77. The zero-order chi connectivity index (χ0) is 13.6. The number of rotatable bonds is 2. The van der Waals surface area contributed by atoms with Gasteiger partial charge in [-0.05, 0) is 18.6 Å². The summed E-state index contributed by atoms with van der Waals surface area (Å²) in [4.78, 5) is 24.8. The summed E-state index contributed by atoms with van der Waals surface area (Å²) < 4.78 is 0. The number of aromatic hydroxyl groups is 1. The van der Waals surface area contributed by atoms with Gasteiger partial charge < -0.3 is 10.0 Å². The summed E-state index contributed by atoms with van der Waals surface area (Å²) >= 11 is 0. The Morgan fingerprint density at radius 2 is 1.95 bits per heavy atom. The van der Waals surface area contributed by atoms with Gasteiger partial charge >= 0.3 is 0 Å². The smallest absolute Gasteiger partial charge is 0.268 e. The van der Waals surface area contributed by atoms with Crippen molar-refractivity contribution in [2.45, 2.75) is 13.0 Å². The zero-order valence-electron chi connectivity index (χ0n) is 10.5. The van der Waals surface area contributed by atoms with Crippen LogP contribution in [0.1, 0.15) is 24.1 Å². The molecule has 1 aliphatic heterocycles. The lowest BCUT2D eigenvalue weighted by atomic mass is 9.94. The van der Waals surface area contributed by atoms with Crippen molar-refractivity contribution in [3.63, 3.8) is 0 Å². The second-order valence-electron chi connectivity index (χ2n) is 4.57. The van der Waals surface area contributed by atoms with Crippen molar-refractivity contribution in [3.05, 3.63) is 61.9 Å². The summed E-state index contributed by atoms with van der Waals surface area (Å²) in [6, 6.07) is 7.49. The van der Waals surface area contributed by atoms with E-state index in [1.165, 1.54) is 0 Å². The average Bonchev–Trinajstić information content (AvgIpc) is 2.46. The first-order valence-corrected chi connectivity index (χ1v) is 6.21. The fraction of sp³-hybridized carbons (Fsp3) is 0.200. The van der Waals surface area contributed by atoms with Crippen molar-refractivity contribution in [3.8, 4) is 5.75 Å². The highest BCUT2D eigenvalue weighted by Gasteiger charge is 2.32. The Morgan fingerprint density at radius 3 is 2.63 bits per heavy atom. The van der Waals surface area contributed by atoms with E-state index in [9.17, 15) is 14.7 Å². The van der Waals surface area contributed by atoms with Gasteiger partial charge in [0.2, 0.25) is 5.43 Å². The van der Waals surface area contributed by atoms with E-state index in [-0.39, 0.29) is 11.6 Å². The molecule has 0 saturated heterocycles. The molecule has 1 atom stereocenters. The molecule has 4 heteroatoms. The molecule has 1 heterocycles. The molecule has 1 unspecified atom stereocenters. The number of likely N-dealkylation sites (N-methyl/N-ethyl adjacent to an activating group) is 1. The fourth-order valence-electron chi connectivity index (χ4n) is 2.63. The predicted molar refractivity (Wildman–Crippen MR) is 74.3 cm³/mol. The van der Waals surface area contributed by atoms with Crippen LogP contribution < -0.4 is 15.8 Å². The van der Waals surface area contributed by atoms with E-state index < -0.39 is 16.6 Å². The van der Waals surface area contributed by atoms with E-state index in [4.69, 9.17) is 0 Å². The van der Waals surface area contributed by atoms with Crippen LogP contribution in [-0.4, -0.2) is 11.7 Å². The number of hydrogen-bond donors (Lipinski definition) is 1. The highest BCUT2D eigenvalue weighted by atomic mass is 16.3. The molecule has 0 spiro atoms. The number of para-hydroxylation sites is 1. The quantitative estimate of drug-likeness (QED) is 0.828. The Labute approximate surface area is 109 Å². The van der Waals surface area contributed by atoms with Gasteiger partial charge in [-0.15, -0.1) is 0 Å².